The van der Waals surface area contributed by atoms with Crippen LogP contribution in [0.5, 0.6) is 0 Å². The first-order chi connectivity index (χ1) is 9.75. The summed E-state index contributed by atoms with van der Waals surface area (Å²) in [6, 6.07) is 0. The van der Waals surface area contributed by atoms with Gasteiger partial charge in [-0.15, -0.1) is 11.3 Å². The summed E-state index contributed by atoms with van der Waals surface area (Å²) in [7, 11) is 1.51. The van der Waals surface area contributed by atoms with Crippen molar-refractivity contribution in [3.63, 3.8) is 0 Å². The van der Waals surface area contributed by atoms with Crippen molar-refractivity contribution in [2.75, 3.05) is 18.1 Å². The smallest absolute Gasteiger partial charge is 0.341 e. The quantitative estimate of drug-likeness (QED) is 0.611. The summed E-state index contributed by atoms with van der Waals surface area (Å²) in [6.07, 6.45) is -0.176. The number of aryl methyl sites for hydroxylation is 1. The fraction of sp³-hybridized carbons (Fsp3) is 0.500. The van der Waals surface area contributed by atoms with Gasteiger partial charge in [0.1, 0.15) is 10.3 Å². The van der Waals surface area contributed by atoms with Crippen molar-refractivity contribution in [1.82, 2.24) is 0 Å². The highest BCUT2D eigenvalue weighted by molar-refractivity contribution is 8.14. The molecule has 1 atom stereocenters. The van der Waals surface area contributed by atoms with Crippen molar-refractivity contribution >= 4 is 47.9 Å². The van der Waals surface area contributed by atoms with Crippen molar-refractivity contribution in [3.8, 4) is 0 Å². The molecular formula is C12H14ClNO5S2. The van der Waals surface area contributed by atoms with Crippen LogP contribution >= 0.6 is 22.0 Å². The van der Waals surface area contributed by atoms with E-state index < -0.39 is 20.3 Å². The van der Waals surface area contributed by atoms with Crippen LogP contribution in [-0.4, -0.2) is 38.7 Å². The molecule has 0 N–H and O–H groups in total. The summed E-state index contributed by atoms with van der Waals surface area (Å²) in [6.45, 7) is 3.61. The Balaban J connectivity index is 2.36. The van der Waals surface area contributed by atoms with Gasteiger partial charge in [0.25, 0.3) is 0 Å². The lowest BCUT2D eigenvalue weighted by Gasteiger charge is -2.16. The monoisotopic (exact) mass is 351 g/mol. The van der Waals surface area contributed by atoms with Crippen LogP contribution < -0.4 is 4.90 Å². The molecule has 0 aromatic carbocycles. The molecule has 2 heterocycles. The zero-order chi connectivity index (χ0) is 15.8. The second-order valence-electron chi connectivity index (χ2n) is 4.63. The molecule has 1 fully saturated rings. The molecule has 9 heteroatoms. The van der Waals surface area contributed by atoms with Crippen molar-refractivity contribution in [2.24, 2.45) is 0 Å². The molecule has 0 radical (unpaired) electrons. The van der Waals surface area contributed by atoms with Crippen LogP contribution in [0.25, 0.3) is 0 Å². The van der Waals surface area contributed by atoms with E-state index in [0.29, 0.717) is 16.1 Å². The van der Waals surface area contributed by atoms with E-state index in [-0.39, 0.29) is 25.5 Å². The Bertz CT molecular complexity index is 682. The molecule has 0 aliphatic carbocycles. The molecule has 21 heavy (non-hydrogen) atoms. The van der Waals surface area contributed by atoms with Crippen LogP contribution in [0, 0.1) is 6.92 Å². The number of ether oxygens (including phenoxy) is 1. The number of hydrogen-bond acceptors (Lipinski definition) is 6. The average molecular weight is 352 g/mol. The zero-order valence-corrected chi connectivity index (χ0v) is 13.8. The molecule has 1 unspecified atom stereocenters. The molecule has 1 saturated heterocycles. The van der Waals surface area contributed by atoms with E-state index in [0.717, 1.165) is 0 Å². The maximum absolute atomic E-state index is 12.0. The van der Waals surface area contributed by atoms with E-state index in [1.54, 1.807) is 19.2 Å². The number of carbonyl (C=O) groups excluding carboxylic acids is 2. The number of thiophene rings is 1. The van der Waals surface area contributed by atoms with Gasteiger partial charge in [0.15, 0.2) is 0 Å². The van der Waals surface area contributed by atoms with Crippen molar-refractivity contribution in [3.05, 3.63) is 16.5 Å². The van der Waals surface area contributed by atoms with Crippen LogP contribution in [0.4, 0.5) is 5.00 Å². The SMILES string of the molecule is CCOC(=O)c1c(C)csc1N1CC(S(=O)(=O)Cl)CC1=O. The van der Waals surface area contributed by atoms with Gasteiger partial charge in [-0.3, -0.25) is 4.79 Å². The van der Waals surface area contributed by atoms with Crippen LogP contribution in [0.1, 0.15) is 29.3 Å². The number of rotatable bonds is 4. The summed E-state index contributed by atoms with van der Waals surface area (Å²) in [5.41, 5.74) is 1.00. The molecule has 1 aliphatic rings. The number of carbonyl (C=O) groups is 2. The van der Waals surface area contributed by atoms with Crippen LogP contribution in [0.2, 0.25) is 0 Å². The molecule has 0 bridgehead atoms. The molecule has 0 spiro atoms. The molecule has 2 rings (SSSR count). The molecule has 1 aromatic rings. The minimum absolute atomic E-state index is 0.0446. The lowest BCUT2D eigenvalue weighted by molar-refractivity contribution is -0.117. The number of amides is 1. The number of hydrogen-bond donors (Lipinski definition) is 0. The Kier molecular flexibility index (Phi) is 4.60. The Morgan fingerprint density at radius 3 is 2.76 bits per heavy atom. The second kappa shape index (κ2) is 5.94. The van der Waals surface area contributed by atoms with Gasteiger partial charge >= 0.3 is 5.97 Å². The van der Waals surface area contributed by atoms with Gasteiger partial charge < -0.3 is 9.64 Å². The third-order valence-electron chi connectivity index (χ3n) is 3.17. The van der Waals surface area contributed by atoms with E-state index in [1.807, 2.05) is 0 Å². The zero-order valence-electron chi connectivity index (χ0n) is 11.5. The van der Waals surface area contributed by atoms with Gasteiger partial charge in [0.2, 0.25) is 15.0 Å². The molecule has 0 saturated carbocycles. The first kappa shape index (κ1) is 16.3. The molecule has 1 aromatic heterocycles. The second-order valence-corrected chi connectivity index (χ2v) is 8.39. The van der Waals surface area contributed by atoms with E-state index in [2.05, 4.69) is 0 Å². The summed E-state index contributed by atoms with van der Waals surface area (Å²) in [5, 5.41) is 1.19. The van der Waals surface area contributed by atoms with Gasteiger partial charge in [-0.05, 0) is 24.8 Å². The highest BCUT2D eigenvalue weighted by Crippen LogP contribution is 2.36. The highest BCUT2D eigenvalue weighted by Gasteiger charge is 2.40. The normalized spacial score (nSPS) is 19.1. The van der Waals surface area contributed by atoms with Gasteiger partial charge in [-0.25, -0.2) is 13.2 Å². The minimum Gasteiger partial charge on any atom is -0.462 e. The standard InChI is InChI=1S/C12H14ClNO5S2/c1-3-19-12(16)10-7(2)6-20-11(10)14-5-8(4-9(14)15)21(13,17)18/h6,8H,3-5H2,1-2H3. The van der Waals surface area contributed by atoms with E-state index >= 15 is 0 Å². The Morgan fingerprint density at radius 1 is 1.57 bits per heavy atom. The Morgan fingerprint density at radius 2 is 2.24 bits per heavy atom. The van der Waals surface area contributed by atoms with Gasteiger partial charge in [-0.1, -0.05) is 0 Å². The summed E-state index contributed by atoms with van der Waals surface area (Å²) in [5.74, 6) is -0.882. The number of esters is 1. The fourth-order valence-corrected chi connectivity index (χ4v) is 4.24. The van der Waals surface area contributed by atoms with Crippen LogP contribution in [0.3, 0.4) is 0 Å². The summed E-state index contributed by atoms with van der Waals surface area (Å²) in [4.78, 5) is 25.3. The van der Waals surface area contributed by atoms with Gasteiger partial charge in [-0.2, -0.15) is 0 Å². The van der Waals surface area contributed by atoms with Crippen molar-refractivity contribution < 1.29 is 22.7 Å². The summed E-state index contributed by atoms with van der Waals surface area (Å²) < 4.78 is 27.7. The third-order valence-corrected chi connectivity index (χ3v) is 6.16. The fourth-order valence-electron chi connectivity index (χ4n) is 2.14. The predicted molar refractivity (Wildman–Crippen MR) is 80.5 cm³/mol. The first-order valence-corrected chi connectivity index (χ1v) is 9.50. The minimum atomic E-state index is -3.81. The van der Waals surface area contributed by atoms with Gasteiger partial charge in [0.05, 0.1) is 12.2 Å². The van der Waals surface area contributed by atoms with Crippen molar-refractivity contribution in [1.29, 1.82) is 0 Å². The van der Waals surface area contributed by atoms with Gasteiger partial charge in [0, 0.05) is 23.6 Å². The molecular weight excluding hydrogens is 338 g/mol. The van der Waals surface area contributed by atoms with E-state index in [4.69, 9.17) is 15.4 Å². The van der Waals surface area contributed by atoms with E-state index in [1.165, 1.54) is 16.2 Å². The summed E-state index contributed by atoms with van der Waals surface area (Å²) >= 11 is 1.21. The third kappa shape index (κ3) is 3.22. The largest absolute Gasteiger partial charge is 0.462 e. The molecule has 1 amide bonds. The molecule has 116 valence electrons. The Hall–Kier alpha value is -1.12. The van der Waals surface area contributed by atoms with Crippen LogP contribution in [0.15, 0.2) is 5.38 Å². The molecule has 6 nitrogen and oxygen atoms in total. The lowest BCUT2D eigenvalue weighted by Crippen LogP contribution is -2.27. The van der Waals surface area contributed by atoms with E-state index in [9.17, 15) is 18.0 Å². The first-order valence-electron chi connectivity index (χ1n) is 6.24. The number of nitrogens with zero attached hydrogens (tertiary/aromatic N) is 1. The van der Waals surface area contributed by atoms with Crippen LogP contribution in [-0.2, 0) is 18.6 Å². The lowest BCUT2D eigenvalue weighted by atomic mass is 10.2. The highest BCUT2D eigenvalue weighted by atomic mass is 35.7. The maximum Gasteiger partial charge on any atom is 0.341 e. The average Bonchev–Trinajstić information content (AvgIpc) is 2.92. The molecule has 1 aliphatic heterocycles. The Labute approximate surface area is 131 Å². The predicted octanol–water partition coefficient (Wildman–Crippen LogP) is 1.91. The number of anilines is 1. The topological polar surface area (TPSA) is 80.8 Å². The number of halogens is 1. The maximum atomic E-state index is 12.0. The van der Waals surface area contributed by atoms with Crippen molar-refractivity contribution in [2.45, 2.75) is 25.5 Å².